The lowest BCUT2D eigenvalue weighted by Gasteiger charge is -2.13. The second kappa shape index (κ2) is 5.74. The van der Waals surface area contributed by atoms with Crippen LogP contribution in [0.4, 0.5) is 17.1 Å². The molecule has 3 N–H and O–H groups in total. The maximum Gasteiger partial charge on any atom is 0.292 e. The fourth-order valence-corrected chi connectivity index (χ4v) is 2.63. The van der Waals surface area contributed by atoms with Crippen LogP contribution in [0.2, 0.25) is 0 Å². The molecule has 2 rings (SSSR count). The van der Waals surface area contributed by atoms with Gasteiger partial charge in [0, 0.05) is 11.8 Å². The molecular weight excluding hydrogens is 306 g/mol. The highest BCUT2D eigenvalue weighted by Gasteiger charge is 2.16. The van der Waals surface area contributed by atoms with Crippen molar-refractivity contribution in [1.29, 1.82) is 0 Å². The summed E-state index contributed by atoms with van der Waals surface area (Å²) < 4.78 is 23.0. The van der Waals surface area contributed by atoms with E-state index < -0.39 is 14.9 Å². The lowest BCUT2D eigenvalue weighted by molar-refractivity contribution is -0.383. The number of nitro benzene ring substituents is 1. The molecule has 0 amide bonds. The van der Waals surface area contributed by atoms with Gasteiger partial charge in [0.1, 0.15) is 5.69 Å². The van der Waals surface area contributed by atoms with Crippen LogP contribution in [0.3, 0.4) is 0 Å². The summed E-state index contributed by atoms with van der Waals surface area (Å²) in [6.45, 7) is 3.54. The van der Waals surface area contributed by atoms with E-state index in [0.29, 0.717) is 11.3 Å². The quantitative estimate of drug-likeness (QED) is 0.663. The van der Waals surface area contributed by atoms with Crippen LogP contribution in [0.15, 0.2) is 41.3 Å². The number of hydrogen-bond donors (Lipinski definition) is 2. The van der Waals surface area contributed by atoms with E-state index in [1.165, 1.54) is 18.2 Å². The zero-order chi connectivity index (χ0) is 16.5. The van der Waals surface area contributed by atoms with E-state index >= 15 is 0 Å². The number of nitrogens with zero attached hydrogens (tertiary/aromatic N) is 1. The van der Waals surface area contributed by atoms with Gasteiger partial charge in [-0.1, -0.05) is 12.1 Å². The van der Waals surface area contributed by atoms with Crippen molar-refractivity contribution < 1.29 is 13.3 Å². The third-order valence-corrected chi connectivity index (χ3v) is 4.23. The van der Waals surface area contributed by atoms with Gasteiger partial charge in [-0.05, 0) is 43.2 Å². The number of para-hydroxylation sites is 2. The Hall–Kier alpha value is -2.45. The third kappa shape index (κ3) is 3.23. The Morgan fingerprint density at radius 3 is 2.36 bits per heavy atom. The molecule has 0 radical (unpaired) electrons. The molecule has 0 saturated heterocycles. The molecule has 2 aromatic carbocycles. The topological polar surface area (TPSA) is 115 Å². The largest absolute Gasteiger partial charge is 0.350 e. The van der Waals surface area contributed by atoms with Crippen molar-refractivity contribution in [3.05, 3.63) is 57.6 Å². The standard InChI is InChI=1S/C14H15N3O4S/c1-9-7-11(22(15,20)21)8-13(10(9)2)16-12-5-3-4-6-14(12)17(18)19/h3-8,16H,1-2H3,(H2,15,20,21). The van der Waals surface area contributed by atoms with E-state index in [0.717, 1.165) is 5.56 Å². The molecule has 0 fully saturated rings. The number of rotatable bonds is 4. The second-order valence-corrected chi connectivity index (χ2v) is 6.42. The molecule has 0 bridgehead atoms. The highest BCUT2D eigenvalue weighted by molar-refractivity contribution is 7.89. The Labute approximate surface area is 128 Å². The van der Waals surface area contributed by atoms with Crippen LogP contribution >= 0.6 is 0 Å². The second-order valence-electron chi connectivity index (χ2n) is 4.86. The van der Waals surface area contributed by atoms with Crippen LogP contribution in [0.1, 0.15) is 11.1 Å². The van der Waals surface area contributed by atoms with E-state index in [-0.39, 0.29) is 16.3 Å². The van der Waals surface area contributed by atoms with Crippen LogP contribution in [0.5, 0.6) is 0 Å². The molecule has 0 aromatic heterocycles. The maximum absolute atomic E-state index is 11.5. The number of primary sulfonamides is 1. The van der Waals surface area contributed by atoms with E-state index in [1.807, 2.05) is 0 Å². The molecule has 0 heterocycles. The van der Waals surface area contributed by atoms with Gasteiger partial charge in [-0.2, -0.15) is 0 Å². The predicted octanol–water partition coefficient (Wildman–Crippen LogP) is 2.60. The summed E-state index contributed by atoms with van der Waals surface area (Å²) in [5, 5.41) is 19.1. The molecule has 0 spiro atoms. The first-order valence-corrected chi connectivity index (χ1v) is 7.89. The summed E-state index contributed by atoms with van der Waals surface area (Å²) in [6, 6.07) is 8.97. The van der Waals surface area contributed by atoms with E-state index in [9.17, 15) is 18.5 Å². The highest BCUT2D eigenvalue weighted by atomic mass is 32.2. The van der Waals surface area contributed by atoms with Crippen molar-refractivity contribution in [2.75, 3.05) is 5.32 Å². The lowest BCUT2D eigenvalue weighted by Crippen LogP contribution is -2.13. The predicted molar refractivity (Wildman–Crippen MR) is 83.7 cm³/mol. The molecule has 0 atom stereocenters. The summed E-state index contributed by atoms with van der Waals surface area (Å²) in [5.74, 6) is 0. The van der Waals surface area contributed by atoms with Crippen molar-refractivity contribution in [3.8, 4) is 0 Å². The number of aryl methyl sites for hydroxylation is 1. The molecule has 8 heteroatoms. The van der Waals surface area contributed by atoms with Gasteiger partial charge in [0.25, 0.3) is 5.69 Å². The maximum atomic E-state index is 11.5. The van der Waals surface area contributed by atoms with Crippen LogP contribution in [0, 0.1) is 24.0 Å². The Bertz CT molecular complexity index is 847. The first kappa shape index (κ1) is 15.9. The Morgan fingerprint density at radius 1 is 1.14 bits per heavy atom. The highest BCUT2D eigenvalue weighted by Crippen LogP contribution is 2.31. The van der Waals surface area contributed by atoms with E-state index in [2.05, 4.69) is 5.32 Å². The van der Waals surface area contributed by atoms with Crippen LogP contribution in [0.25, 0.3) is 0 Å². The van der Waals surface area contributed by atoms with Gasteiger partial charge in [0.05, 0.1) is 9.82 Å². The summed E-state index contributed by atoms with van der Waals surface area (Å²) >= 11 is 0. The molecule has 2 aromatic rings. The number of nitrogens with one attached hydrogen (secondary N) is 1. The number of nitrogens with two attached hydrogens (primary N) is 1. The fourth-order valence-electron chi connectivity index (χ4n) is 2.00. The Morgan fingerprint density at radius 2 is 1.77 bits per heavy atom. The SMILES string of the molecule is Cc1cc(S(N)(=O)=O)cc(Nc2ccccc2[N+](=O)[O-])c1C. The van der Waals surface area contributed by atoms with Crippen molar-refractivity contribution >= 4 is 27.1 Å². The van der Waals surface area contributed by atoms with Crippen molar-refractivity contribution in [1.82, 2.24) is 0 Å². The molecule has 0 saturated carbocycles. The van der Waals surface area contributed by atoms with Gasteiger partial charge in [-0.15, -0.1) is 0 Å². The van der Waals surface area contributed by atoms with Gasteiger partial charge in [0.15, 0.2) is 0 Å². The minimum Gasteiger partial charge on any atom is -0.350 e. The Kier molecular flexibility index (Phi) is 4.16. The molecule has 0 aliphatic heterocycles. The minimum absolute atomic E-state index is 0.0447. The van der Waals surface area contributed by atoms with Crippen LogP contribution < -0.4 is 10.5 Å². The van der Waals surface area contributed by atoms with Gasteiger partial charge in [-0.25, -0.2) is 13.6 Å². The van der Waals surface area contributed by atoms with Crippen molar-refractivity contribution in [3.63, 3.8) is 0 Å². The Balaban J connectivity index is 2.55. The molecule has 0 aliphatic rings. The number of benzene rings is 2. The van der Waals surface area contributed by atoms with Crippen LogP contribution in [-0.2, 0) is 10.0 Å². The minimum atomic E-state index is -3.86. The van der Waals surface area contributed by atoms with Crippen molar-refractivity contribution in [2.24, 2.45) is 5.14 Å². The zero-order valence-corrected chi connectivity index (χ0v) is 12.8. The average Bonchev–Trinajstić information content (AvgIpc) is 2.42. The molecular formula is C14H15N3O4S. The first-order valence-electron chi connectivity index (χ1n) is 6.34. The van der Waals surface area contributed by atoms with Gasteiger partial charge < -0.3 is 5.32 Å². The number of nitro groups is 1. The zero-order valence-electron chi connectivity index (χ0n) is 12.0. The average molecular weight is 321 g/mol. The summed E-state index contributed by atoms with van der Waals surface area (Å²) in [7, 11) is -3.86. The lowest BCUT2D eigenvalue weighted by atomic mass is 10.1. The molecule has 116 valence electrons. The fraction of sp³-hybridized carbons (Fsp3) is 0.143. The first-order chi connectivity index (χ1) is 10.2. The molecule has 0 unspecified atom stereocenters. The number of hydrogen-bond acceptors (Lipinski definition) is 5. The number of anilines is 2. The van der Waals surface area contributed by atoms with E-state index in [1.54, 1.807) is 32.0 Å². The van der Waals surface area contributed by atoms with Crippen LogP contribution in [-0.4, -0.2) is 13.3 Å². The number of sulfonamides is 1. The normalized spacial score (nSPS) is 11.2. The van der Waals surface area contributed by atoms with Gasteiger partial charge >= 0.3 is 0 Å². The van der Waals surface area contributed by atoms with E-state index in [4.69, 9.17) is 5.14 Å². The summed E-state index contributed by atoms with van der Waals surface area (Å²) in [6.07, 6.45) is 0. The molecule has 22 heavy (non-hydrogen) atoms. The monoisotopic (exact) mass is 321 g/mol. The third-order valence-electron chi connectivity index (χ3n) is 3.34. The van der Waals surface area contributed by atoms with Crippen molar-refractivity contribution in [2.45, 2.75) is 18.7 Å². The molecule has 7 nitrogen and oxygen atoms in total. The smallest absolute Gasteiger partial charge is 0.292 e. The van der Waals surface area contributed by atoms with Gasteiger partial charge in [0.2, 0.25) is 10.0 Å². The van der Waals surface area contributed by atoms with Gasteiger partial charge in [-0.3, -0.25) is 10.1 Å². The summed E-state index contributed by atoms with van der Waals surface area (Å²) in [4.78, 5) is 10.5. The summed E-state index contributed by atoms with van der Waals surface area (Å²) in [5.41, 5.74) is 2.14. The molecule has 0 aliphatic carbocycles.